The van der Waals surface area contributed by atoms with Crippen molar-refractivity contribution in [1.82, 2.24) is 24.4 Å². The van der Waals surface area contributed by atoms with Crippen molar-refractivity contribution in [1.29, 1.82) is 10.7 Å². The molecule has 2 aliphatic rings. The van der Waals surface area contributed by atoms with Crippen molar-refractivity contribution in [2.24, 2.45) is 5.92 Å². The fourth-order valence-corrected chi connectivity index (χ4v) is 5.28. The van der Waals surface area contributed by atoms with Crippen LogP contribution in [0.15, 0.2) is 28.5 Å². The summed E-state index contributed by atoms with van der Waals surface area (Å²) in [5.74, 6) is 1.37. The van der Waals surface area contributed by atoms with Crippen molar-refractivity contribution in [3.05, 3.63) is 29.5 Å². The molecule has 3 aromatic rings. The molecule has 0 saturated carbocycles. The number of benzene rings is 1. The molecular formula is C23H25N7O4S. The number of likely N-dealkylation sites (tertiary alicyclic amines) is 1. The molecule has 1 fully saturated rings. The smallest absolute Gasteiger partial charge is 0.251 e. The number of aliphatic hydroxyl groups is 1. The van der Waals surface area contributed by atoms with Gasteiger partial charge in [0.1, 0.15) is 17.7 Å². The summed E-state index contributed by atoms with van der Waals surface area (Å²) in [6.07, 6.45) is 3.33. The molecule has 2 aliphatic heterocycles. The van der Waals surface area contributed by atoms with E-state index >= 15 is 0 Å². The average molecular weight is 496 g/mol. The maximum Gasteiger partial charge on any atom is 0.251 e. The standard InChI is InChI=1S/C23H25N7O4S/c1-13(31)22(32)29-5-2-14(3-6-29)4-7-30-11-26-20(25)19-21(30)28-23(27-19)35-18-9-17-16(33-12-34-17)8-15(18)10-24/h8-9,11,13-14,25,31H,2-7,12H2,1H3,(H,27,28). The Balaban J connectivity index is 1.31. The molecule has 1 aromatic carbocycles. The number of fused-ring (bicyclic) bond motifs is 2. The number of aromatic nitrogens is 4. The zero-order chi connectivity index (χ0) is 24.5. The number of amides is 1. The first kappa shape index (κ1) is 23.2. The number of ether oxygens (including phenoxy) is 2. The van der Waals surface area contributed by atoms with Crippen LogP contribution in [0.4, 0.5) is 0 Å². The zero-order valence-corrected chi connectivity index (χ0v) is 20.0. The molecule has 0 spiro atoms. The monoisotopic (exact) mass is 495 g/mol. The lowest BCUT2D eigenvalue weighted by Crippen LogP contribution is -2.43. The number of hydrogen-bond acceptors (Lipinski definition) is 9. The predicted octanol–water partition coefficient (Wildman–Crippen LogP) is 2.00. The Hall–Kier alpha value is -3.56. The van der Waals surface area contributed by atoms with Crippen LogP contribution in [0.1, 0.15) is 31.7 Å². The molecule has 35 heavy (non-hydrogen) atoms. The van der Waals surface area contributed by atoms with Crippen molar-refractivity contribution >= 4 is 28.8 Å². The minimum absolute atomic E-state index is 0.103. The van der Waals surface area contributed by atoms with Crippen LogP contribution in [0.3, 0.4) is 0 Å². The van der Waals surface area contributed by atoms with E-state index in [-0.39, 0.29) is 18.2 Å². The fourth-order valence-electron chi connectivity index (χ4n) is 4.40. The lowest BCUT2D eigenvalue weighted by molar-refractivity contribution is -0.140. The number of aryl methyl sites for hydroxylation is 1. The highest BCUT2D eigenvalue weighted by molar-refractivity contribution is 7.99. The van der Waals surface area contributed by atoms with E-state index in [9.17, 15) is 15.2 Å². The summed E-state index contributed by atoms with van der Waals surface area (Å²) < 4.78 is 12.7. The van der Waals surface area contributed by atoms with Crippen molar-refractivity contribution in [3.63, 3.8) is 0 Å². The first-order chi connectivity index (χ1) is 16.9. The van der Waals surface area contributed by atoms with E-state index in [1.165, 1.54) is 18.7 Å². The summed E-state index contributed by atoms with van der Waals surface area (Å²) in [4.78, 5) is 26.5. The van der Waals surface area contributed by atoms with Gasteiger partial charge in [0.2, 0.25) is 6.79 Å². The molecule has 1 amide bonds. The van der Waals surface area contributed by atoms with Gasteiger partial charge in [-0.2, -0.15) is 5.26 Å². The van der Waals surface area contributed by atoms with Crippen LogP contribution in [0.2, 0.25) is 0 Å². The fraction of sp³-hybridized carbons (Fsp3) is 0.435. The lowest BCUT2D eigenvalue weighted by atomic mass is 9.93. The highest BCUT2D eigenvalue weighted by Crippen LogP contribution is 2.40. The number of hydrogen-bond donors (Lipinski definition) is 3. The Labute approximate surface area is 205 Å². The van der Waals surface area contributed by atoms with Gasteiger partial charge in [-0.15, -0.1) is 0 Å². The van der Waals surface area contributed by atoms with Gasteiger partial charge in [-0.1, -0.05) is 11.8 Å². The molecule has 12 heteroatoms. The van der Waals surface area contributed by atoms with E-state index in [1.54, 1.807) is 23.4 Å². The van der Waals surface area contributed by atoms with Gasteiger partial charge < -0.3 is 29.0 Å². The molecule has 0 radical (unpaired) electrons. The van der Waals surface area contributed by atoms with Crippen LogP contribution < -0.4 is 15.0 Å². The van der Waals surface area contributed by atoms with Gasteiger partial charge in [-0.25, -0.2) is 9.97 Å². The van der Waals surface area contributed by atoms with Crippen molar-refractivity contribution < 1.29 is 19.4 Å². The van der Waals surface area contributed by atoms with E-state index in [0.717, 1.165) is 19.3 Å². The number of aliphatic hydroxyl groups excluding tert-OH is 1. The van der Waals surface area contributed by atoms with Gasteiger partial charge in [0.15, 0.2) is 27.8 Å². The Morgan fingerprint density at radius 2 is 2.11 bits per heavy atom. The van der Waals surface area contributed by atoms with E-state index in [0.29, 0.717) is 63.8 Å². The lowest BCUT2D eigenvalue weighted by Gasteiger charge is -2.32. The van der Waals surface area contributed by atoms with Crippen LogP contribution in [0, 0.1) is 22.7 Å². The van der Waals surface area contributed by atoms with E-state index in [1.807, 2.05) is 4.57 Å². The molecule has 2 aromatic heterocycles. The highest BCUT2D eigenvalue weighted by Gasteiger charge is 2.25. The second kappa shape index (κ2) is 9.59. The zero-order valence-electron chi connectivity index (χ0n) is 19.2. The van der Waals surface area contributed by atoms with Gasteiger partial charge in [0, 0.05) is 30.6 Å². The Bertz CT molecular complexity index is 1370. The first-order valence-corrected chi connectivity index (χ1v) is 12.2. The van der Waals surface area contributed by atoms with Crippen molar-refractivity contribution in [2.45, 2.75) is 48.9 Å². The van der Waals surface area contributed by atoms with Crippen LogP contribution in [-0.2, 0) is 11.3 Å². The number of imidazole rings is 1. The van der Waals surface area contributed by atoms with Gasteiger partial charge >= 0.3 is 0 Å². The summed E-state index contributed by atoms with van der Waals surface area (Å²) >= 11 is 1.29. The molecule has 1 unspecified atom stereocenters. The summed E-state index contributed by atoms with van der Waals surface area (Å²) in [5, 5.41) is 27.8. The van der Waals surface area contributed by atoms with Crippen molar-refractivity contribution in [2.75, 3.05) is 19.9 Å². The normalized spacial score (nSPS) is 16.4. The van der Waals surface area contributed by atoms with E-state index in [2.05, 4.69) is 16.0 Å². The molecule has 4 heterocycles. The number of nitriles is 1. The third-order valence-corrected chi connectivity index (χ3v) is 7.31. The summed E-state index contributed by atoms with van der Waals surface area (Å²) in [6.45, 7) is 3.62. The predicted molar refractivity (Wildman–Crippen MR) is 125 cm³/mol. The second-order valence-electron chi connectivity index (χ2n) is 8.68. The summed E-state index contributed by atoms with van der Waals surface area (Å²) in [6, 6.07) is 5.61. The molecular weight excluding hydrogens is 470 g/mol. The molecule has 11 nitrogen and oxygen atoms in total. The Morgan fingerprint density at radius 1 is 1.37 bits per heavy atom. The number of aromatic amines is 1. The molecule has 1 atom stereocenters. The largest absolute Gasteiger partial charge is 0.454 e. The number of H-pyrrole nitrogens is 1. The Morgan fingerprint density at radius 3 is 2.83 bits per heavy atom. The topological polar surface area (TPSA) is 153 Å². The third kappa shape index (κ3) is 4.69. The number of nitrogens with zero attached hydrogens (tertiary/aromatic N) is 5. The van der Waals surface area contributed by atoms with Gasteiger partial charge in [-0.05, 0) is 38.2 Å². The highest BCUT2D eigenvalue weighted by atomic mass is 32.2. The number of piperidine rings is 1. The second-order valence-corrected chi connectivity index (χ2v) is 9.71. The van der Waals surface area contributed by atoms with Crippen LogP contribution in [0.5, 0.6) is 11.5 Å². The maximum atomic E-state index is 12.0. The maximum absolute atomic E-state index is 12.0. The SMILES string of the molecule is CC(O)C(=O)N1CCC(CCn2cnc(=N)c3[nH]c(Sc4cc5c(cc4C#N)OCO5)nc32)CC1. The number of nitrogens with one attached hydrogen (secondary N) is 2. The molecule has 1 saturated heterocycles. The van der Waals surface area contributed by atoms with E-state index < -0.39 is 6.10 Å². The molecule has 3 N–H and O–H groups in total. The van der Waals surface area contributed by atoms with Crippen molar-refractivity contribution in [3.8, 4) is 17.6 Å². The van der Waals surface area contributed by atoms with Crippen LogP contribution in [0.25, 0.3) is 11.2 Å². The number of carbonyl (C=O) groups excluding carboxylic acids is 1. The van der Waals surface area contributed by atoms with Gasteiger partial charge in [-0.3, -0.25) is 10.2 Å². The van der Waals surface area contributed by atoms with Gasteiger partial charge in [0.05, 0.1) is 11.9 Å². The summed E-state index contributed by atoms with van der Waals surface area (Å²) in [7, 11) is 0. The first-order valence-electron chi connectivity index (χ1n) is 11.4. The van der Waals surface area contributed by atoms with Gasteiger partial charge in [0.25, 0.3) is 5.91 Å². The molecule has 0 bridgehead atoms. The molecule has 5 rings (SSSR count). The Kier molecular flexibility index (Phi) is 6.36. The van der Waals surface area contributed by atoms with Crippen LogP contribution in [-0.4, -0.2) is 61.4 Å². The summed E-state index contributed by atoms with van der Waals surface area (Å²) in [5.41, 5.74) is 1.73. The quantitative estimate of drug-likeness (QED) is 0.469. The van der Waals surface area contributed by atoms with Crippen LogP contribution >= 0.6 is 11.8 Å². The minimum Gasteiger partial charge on any atom is -0.454 e. The average Bonchev–Trinajstić information content (AvgIpc) is 3.50. The molecule has 182 valence electrons. The van der Waals surface area contributed by atoms with E-state index in [4.69, 9.17) is 19.9 Å². The number of carbonyl (C=O) groups is 1. The minimum atomic E-state index is -0.960. The number of rotatable bonds is 6. The third-order valence-electron chi connectivity index (χ3n) is 6.36. The molecule has 0 aliphatic carbocycles.